The first-order valence-electron chi connectivity index (χ1n) is 14.8. The van der Waals surface area contributed by atoms with Crippen molar-refractivity contribution in [1.29, 1.82) is 0 Å². The summed E-state index contributed by atoms with van der Waals surface area (Å²) in [5, 5.41) is 27.1. The van der Waals surface area contributed by atoms with Crippen LogP contribution in [0.25, 0.3) is 0 Å². The molecule has 47 heavy (non-hydrogen) atoms. The fraction of sp³-hybridized carbons (Fsp3) is 0.394. The summed E-state index contributed by atoms with van der Waals surface area (Å²) in [7, 11) is 0. The van der Waals surface area contributed by atoms with Gasteiger partial charge >= 0.3 is 12.1 Å². The summed E-state index contributed by atoms with van der Waals surface area (Å²) in [5.41, 5.74) is 2.60. The molecule has 0 bridgehead atoms. The van der Waals surface area contributed by atoms with Crippen LogP contribution in [0.15, 0.2) is 91.0 Å². The minimum Gasteiger partial charge on any atom is -0.480 e. The van der Waals surface area contributed by atoms with E-state index in [1.54, 1.807) is 0 Å². The van der Waals surface area contributed by atoms with E-state index >= 15 is 0 Å². The molecule has 1 aliphatic rings. The third-order valence-corrected chi connectivity index (χ3v) is 7.44. The highest BCUT2D eigenvalue weighted by atomic mass is 35.6. The molecule has 4 rings (SSSR count). The van der Waals surface area contributed by atoms with E-state index in [-0.39, 0.29) is 33.0 Å². The van der Waals surface area contributed by atoms with Crippen LogP contribution in [-0.2, 0) is 48.3 Å². The number of hydrogen-bond acceptors (Lipinski definition) is 9. The maximum Gasteiger partial charge on any atom is 0.407 e. The summed E-state index contributed by atoms with van der Waals surface area (Å²) < 4.78 is 27.3. The first-order valence-corrected chi connectivity index (χ1v) is 15.9. The highest BCUT2D eigenvalue weighted by Crippen LogP contribution is 2.27. The highest BCUT2D eigenvalue weighted by Gasteiger charge is 2.48. The van der Waals surface area contributed by atoms with Crippen LogP contribution >= 0.6 is 34.8 Å². The Kier molecular flexibility index (Phi) is 14.5. The van der Waals surface area contributed by atoms with Crippen LogP contribution in [0.4, 0.5) is 4.79 Å². The van der Waals surface area contributed by atoms with E-state index in [0.717, 1.165) is 16.7 Å². The Bertz CT molecular complexity index is 1370. The minimum atomic E-state index is -1.89. The molecule has 1 heterocycles. The molecule has 6 atom stereocenters. The molecule has 3 aromatic carbocycles. The maximum absolute atomic E-state index is 12.8. The van der Waals surface area contributed by atoms with Crippen LogP contribution in [0.2, 0.25) is 0 Å². The molecule has 1 saturated heterocycles. The van der Waals surface area contributed by atoms with E-state index in [1.807, 2.05) is 91.0 Å². The molecule has 0 spiro atoms. The van der Waals surface area contributed by atoms with E-state index in [9.17, 15) is 19.8 Å². The van der Waals surface area contributed by atoms with Crippen molar-refractivity contribution in [2.24, 2.45) is 0 Å². The Balaban J connectivity index is 1.53. The van der Waals surface area contributed by atoms with Crippen molar-refractivity contribution in [2.75, 3.05) is 19.8 Å². The highest BCUT2D eigenvalue weighted by molar-refractivity contribution is 6.67. The molecule has 0 aromatic heterocycles. The number of carboxylic acids is 1. The number of aliphatic hydroxyl groups is 1. The Morgan fingerprint density at radius 3 is 1.89 bits per heavy atom. The van der Waals surface area contributed by atoms with Crippen molar-refractivity contribution in [3.63, 3.8) is 0 Å². The van der Waals surface area contributed by atoms with Crippen LogP contribution in [0.3, 0.4) is 0 Å². The molecular formula is C33H37Cl3N2O9. The number of carboxylic acid groups (broad SMARTS) is 1. The smallest absolute Gasteiger partial charge is 0.407 e. The molecule has 1 amide bonds. The number of alkyl halides is 3. The first kappa shape index (κ1) is 36.9. The van der Waals surface area contributed by atoms with Crippen LogP contribution in [0.1, 0.15) is 16.7 Å². The molecule has 0 saturated carbocycles. The number of aliphatic hydroxyl groups excluding tert-OH is 1. The standard InChI is InChI=1S/C33H37Cl3N2O9/c34-33(35,36)21-46-32(42)38-27-28(39)29(45-18-24-14-8-3-9-15-24)26(20-44-17-23-12-6-2-7-13-23)47-30(27)37-25(31(40)41)19-43-16-22-10-4-1-5-11-22/h1-15,25-30,37,39H,16-21H2,(H,38,42)(H,40,41)/t25-,26+,27+,28+,29-,30-/m0/s1. The largest absolute Gasteiger partial charge is 0.480 e. The minimum absolute atomic E-state index is 0.0315. The number of amides is 1. The molecule has 11 nitrogen and oxygen atoms in total. The number of hydrogen-bond donors (Lipinski definition) is 4. The quantitative estimate of drug-likeness (QED) is 0.156. The summed E-state index contributed by atoms with van der Waals surface area (Å²) in [6, 6.07) is 25.4. The normalized spacial score (nSPS) is 21.9. The molecular weight excluding hydrogens is 675 g/mol. The van der Waals surface area contributed by atoms with Crippen molar-refractivity contribution < 1.29 is 43.5 Å². The maximum atomic E-state index is 12.8. The van der Waals surface area contributed by atoms with Crippen molar-refractivity contribution in [1.82, 2.24) is 10.6 Å². The van der Waals surface area contributed by atoms with Gasteiger partial charge in [-0.25, -0.2) is 4.79 Å². The second-order valence-electron chi connectivity index (χ2n) is 10.8. The average Bonchev–Trinajstić information content (AvgIpc) is 3.05. The van der Waals surface area contributed by atoms with Crippen LogP contribution in [0.5, 0.6) is 0 Å². The summed E-state index contributed by atoms with van der Waals surface area (Å²) in [6.45, 7) is -0.355. The fourth-order valence-corrected chi connectivity index (χ4v) is 4.98. The van der Waals surface area contributed by atoms with E-state index in [1.165, 1.54) is 0 Å². The molecule has 0 aliphatic carbocycles. The Morgan fingerprint density at radius 2 is 1.36 bits per heavy atom. The molecule has 1 aliphatic heterocycles. The van der Waals surface area contributed by atoms with E-state index in [4.69, 9.17) is 58.5 Å². The predicted octanol–water partition coefficient (Wildman–Crippen LogP) is 4.60. The first-order chi connectivity index (χ1) is 22.6. The number of carbonyl (C=O) groups excluding carboxylic acids is 1. The van der Waals surface area contributed by atoms with Crippen molar-refractivity contribution in [3.05, 3.63) is 108 Å². The summed E-state index contributed by atoms with van der Waals surface area (Å²) >= 11 is 17.2. The number of halogens is 3. The zero-order valence-corrected chi connectivity index (χ0v) is 27.5. The van der Waals surface area contributed by atoms with Crippen LogP contribution in [0, 0.1) is 0 Å². The lowest BCUT2D eigenvalue weighted by Gasteiger charge is -2.45. The van der Waals surface area contributed by atoms with Gasteiger partial charge in [-0.15, -0.1) is 0 Å². The molecule has 4 N–H and O–H groups in total. The van der Waals surface area contributed by atoms with Crippen LogP contribution < -0.4 is 10.6 Å². The van der Waals surface area contributed by atoms with Gasteiger partial charge in [-0.05, 0) is 16.7 Å². The zero-order chi connectivity index (χ0) is 33.6. The van der Waals surface area contributed by atoms with Gasteiger partial charge in [0.05, 0.1) is 33.0 Å². The van der Waals surface area contributed by atoms with Gasteiger partial charge in [-0.1, -0.05) is 126 Å². The Hall–Kier alpha value is -2.97. The summed E-state index contributed by atoms with van der Waals surface area (Å²) in [4.78, 5) is 25.1. The number of nitrogens with one attached hydrogen (secondary N) is 2. The van der Waals surface area contributed by atoms with Gasteiger partial charge < -0.3 is 39.2 Å². The van der Waals surface area contributed by atoms with Gasteiger partial charge in [0.15, 0.2) is 0 Å². The Morgan fingerprint density at radius 1 is 0.830 bits per heavy atom. The molecule has 0 radical (unpaired) electrons. The molecule has 0 unspecified atom stereocenters. The number of benzene rings is 3. The van der Waals surface area contributed by atoms with Gasteiger partial charge in [-0.2, -0.15) is 0 Å². The zero-order valence-electron chi connectivity index (χ0n) is 25.3. The molecule has 3 aromatic rings. The lowest BCUT2D eigenvalue weighted by molar-refractivity contribution is -0.226. The van der Waals surface area contributed by atoms with E-state index in [0.29, 0.717) is 0 Å². The van der Waals surface area contributed by atoms with Crippen molar-refractivity contribution >= 4 is 46.9 Å². The van der Waals surface area contributed by atoms with E-state index in [2.05, 4.69) is 10.6 Å². The number of aliphatic carboxylic acids is 1. The monoisotopic (exact) mass is 710 g/mol. The van der Waals surface area contributed by atoms with Gasteiger partial charge in [0.2, 0.25) is 3.79 Å². The molecule has 1 fully saturated rings. The van der Waals surface area contributed by atoms with Gasteiger partial charge in [0.1, 0.15) is 43.2 Å². The average molecular weight is 712 g/mol. The van der Waals surface area contributed by atoms with Gasteiger partial charge in [-0.3, -0.25) is 10.1 Å². The third kappa shape index (κ3) is 12.5. The van der Waals surface area contributed by atoms with Gasteiger partial charge in [0, 0.05) is 0 Å². The van der Waals surface area contributed by atoms with Crippen molar-refractivity contribution in [3.8, 4) is 0 Å². The fourth-order valence-electron chi connectivity index (χ4n) is 4.81. The lowest BCUT2D eigenvalue weighted by atomic mass is 9.95. The van der Waals surface area contributed by atoms with Crippen molar-refractivity contribution in [2.45, 2.75) is 60.2 Å². The number of ether oxygens (including phenoxy) is 5. The SMILES string of the molecule is O=C(N[C@@H]1[C@@H](O)[C@@H](OCc2ccccc2)[C@@H](COCc2ccccc2)O[C@@H]1N[C@@H](COCc1ccccc1)C(=O)O)OCC(Cl)(Cl)Cl. The summed E-state index contributed by atoms with van der Waals surface area (Å²) in [5.74, 6) is -1.24. The second-order valence-corrected chi connectivity index (χ2v) is 13.3. The van der Waals surface area contributed by atoms with Gasteiger partial charge in [0.25, 0.3) is 0 Å². The molecule has 254 valence electrons. The number of rotatable bonds is 16. The van der Waals surface area contributed by atoms with Crippen LogP contribution in [-0.4, -0.2) is 82.5 Å². The second kappa shape index (κ2) is 18.5. The lowest BCUT2D eigenvalue weighted by Crippen LogP contribution is -2.69. The number of carbonyl (C=O) groups is 2. The summed E-state index contributed by atoms with van der Waals surface area (Å²) in [6.07, 6.45) is -5.67. The topological polar surface area (TPSA) is 145 Å². The predicted molar refractivity (Wildman–Crippen MR) is 175 cm³/mol. The molecule has 14 heteroatoms. The van der Waals surface area contributed by atoms with E-state index < -0.39 is 59.1 Å². The third-order valence-electron chi connectivity index (χ3n) is 7.11. The number of alkyl carbamates (subject to hydrolysis) is 1. The Labute approximate surface area is 288 Å².